The van der Waals surface area contributed by atoms with E-state index in [1.165, 1.54) is 26.0 Å². The quantitative estimate of drug-likeness (QED) is 0.401. The fourth-order valence-electron chi connectivity index (χ4n) is 4.21. The van der Waals surface area contributed by atoms with E-state index in [1.807, 2.05) is 0 Å². The summed E-state index contributed by atoms with van der Waals surface area (Å²) in [5, 5.41) is 23.9. The second kappa shape index (κ2) is 9.01. The van der Waals surface area contributed by atoms with Crippen molar-refractivity contribution in [3.8, 4) is 11.6 Å². The lowest BCUT2D eigenvalue weighted by Gasteiger charge is -2.25. The molecule has 1 saturated carbocycles. The molecule has 11 heteroatoms. The first-order valence-electron chi connectivity index (χ1n) is 11.1. The molecule has 1 aromatic carbocycles. The third-order valence-electron chi connectivity index (χ3n) is 5.87. The van der Waals surface area contributed by atoms with E-state index in [9.17, 15) is 18.3 Å². The zero-order valence-corrected chi connectivity index (χ0v) is 19.1. The average Bonchev–Trinajstić information content (AvgIpc) is 3.19. The van der Waals surface area contributed by atoms with E-state index in [4.69, 9.17) is 4.42 Å². The van der Waals surface area contributed by atoms with E-state index in [0.717, 1.165) is 19.3 Å². The monoisotopic (exact) mass is 481 g/mol. The average molecular weight is 481 g/mol. The highest BCUT2D eigenvalue weighted by atomic mass is 19.4. The molecule has 2 atom stereocenters. The summed E-state index contributed by atoms with van der Waals surface area (Å²) >= 11 is 0. The summed E-state index contributed by atoms with van der Waals surface area (Å²) < 4.78 is 58.9. The molecule has 2 aromatic heterocycles. The second-order valence-corrected chi connectivity index (χ2v) is 9.26. The summed E-state index contributed by atoms with van der Waals surface area (Å²) in [5.41, 5.74) is -0.255. The van der Waals surface area contributed by atoms with Crippen LogP contribution in [0.2, 0.25) is 0 Å². The molecule has 7 nitrogen and oxygen atoms in total. The normalized spacial score (nSPS) is 19.4. The SMILES string of the molecule is Cc1cc(-c2nnc(N[C@@H]3CCC[C@H](O)C3)o2)nc2c(C(C)(C)F)cc(NCC(F)(F)F)cc12. The molecule has 1 fully saturated rings. The Hall–Kier alpha value is -2.95. The maximum absolute atomic E-state index is 15.1. The van der Waals surface area contributed by atoms with E-state index in [-0.39, 0.29) is 35.3 Å². The smallest absolute Gasteiger partial charge is 0.402 e. The minimum atomic E-state index is -4.41. The van der Waals surface area contributed by atoms with Crippen LogP contribution in [0, 0.1) is 6.92 Å². The molecule has 0 aliphatic heterocycles. The van der Waals surface area contributed by atoms with Gasteiger partial charge in [-0.2, -0.15) is 13.2 Å². The van der Waals surface area contributed by atoms with Crippen LogP contribution in [0.3, 0.4) is 0 Å². The van der Waals surface area contributed by atoms with Crippen LogP contribution in [0.4, 0.5) is 29.3 Å². The van der Waals surface area contributed by atoms with Gasteiger partial charge in [-0.05, 0) is 70.2 Å². The molecule has 0 unspecified atom stereocenters. The van der Waals surface area contributed by atoms with Crippen molar-refractivity contribution in [2.45, 2.75) is 70.4 Å². The number of fused-ring (bicyclic) bond motifs is 1. The summed E-state index contributed by atoms with van der Waals surface area (Å²) in [6, 6.07) is 4.76. The molecule has 2 heterocycles. The highest BCUT2D eigenvalue weighted by molar-refractivity contribution is 5.90. The Morgan fingerprint density at radius 2 is 1.88 bits per heavy atom. The zero-order chi connectivity index (χ0) is 24.7. The molecule has 0 saturated heterocycles. The van der Waals surface area contributed by atoms with Crippen molar-refractivity contribution in [3.63, 3.8) is 0 Å². The summed E-state index contributed by atoms with van der Waals surface area (Å²) in [7, 11) is 0. The molecule has 0 amide bonds. The number of hydrogen-bond acceptors (Lipinski definition) is 7. The predicted octanol–water partition coefficient (Wildman–Crippen LogP) is 5.49. The van der Waals surface area contributed by atoms with Crippen molar-refractivity contribution in [2.24, 2.45) is 0 Å². The van der Waals surface area contributed by atoms with Crippen molar-refractivity contribution in [3.05, 3.63) is 29.3 Å². The zero-order valence-electron chi connectivity index (χ0n) is 19.1. The lowest BCUT2D eigenvalue weighted by atomic mass is 9.93. The number of nitrogens with one attached hydrogen (secondary N) is 2. The molecule has 3 aromatic rings. The number of hydrogen-bond donors (Lipinski definition) is 3. The Morgan fingerprint density at radius 1 is 1.12 bits per heavy atom. The van der Waals surface area contributed by atoms with Gasteiger partial charge in [0.05, 0.1) is 11.6 Å². The first-order valence-corrected chi connectivity index (χ1v) is 11.1. The van der Waals surface area contributed by atoms with Gasteiger partial charge in [-0.1, -0.05) is 5.10 Å². The van der Waals surface area contributed by atoms with Crippen LogP contribution in [0.15, 0.2) is 22.6 Å². The lowest BCUT2D eigenvalue weighted by Crippen LogP contribution is -2.29. The second-order valence-electron chi connectivity index (χ2n) is 9.26. The molecule has 0 bridgehead atoms. The standard InChI is InChI=1S/C23H27F4N5O2/c1-12-7-18(20-31-32-21(34-20)29-13-5-4-6-15(33)8-13)30-19-16(12)9-14(28-11-23(25,26)27)10-17(19)22(2,3)24/h7,9-10,13,15,28,33H,4-6,8,11H2,1-3H3,(H,29,32)/t13-,15+/m1/s1. The molecule has 1 aliphatic rings. The Bertz CT molecular complexity index is 1170. The molecule has 0 spiro atoms. The molecule has 34 heavy (non-hydrogen) atoms. The van der Waals surface area contributed by atoms with E-state index in [0.29, 0.717) is 28.6 Å². The van der Waals surface area contributed by atoms with Gasteiger partial charge in [-0.25, -0.2) is 9.37 Å². The summed E-state index contributed by atoms with van der Waals surface area (Å²) in [5.74, 6) is 0.130. The number of aliphatic hydroxyl groups is 1. The number of aromatic nitrogens is 3. The maximum atomic E-state index is 15.1. The van der Waals surface area contributed by atoms with Gasteiger partial charge < -0.3 is 20.2 Å². The number of anilines is 2. The van der Waals surface area contributed by atoms with Crippen molar-refractivity contribution in [1.29, 1.82) is 0 Å². The molecule has 4 rings (SSSR count). The Morgan fingerprint density at radius 3 is 2.56 bits per heavy atom. The summed E-state index contributed by atoms with van der Waals surface area (Å²) in [6.07, 6.45) is -1.64. The van der Waals surface area contributed by atoms with Crippen LogP contribution in [0.1, 0.15) is 50.7 Å². The number of nitrogens with zero attached hydrogens (tertiary/aromatic N) is 3. The van der Waals surface area contributed by atoms with Gasteiger partial charge in [0.25, 0.3) is 5.89 Å². The molecule has 3 N–H and O–H groups in total. The first kappa shape index (κ1) is 24.2. The van der Waals surface area contributed by atoms with Gasteiger partial charge in [0, 0.05) is 22.7 Å². The van der Waals surface area contributed by atoms with E-state index in [1.54, 1.807) is 13.0 Å². The third kappa shape index (κ3) is 5.57. The molecular formula is C23H27F4N5O2. The van der Waals surface area contributed by atoms with Gasteiger partial charge in [-0.15, -0.1) is 5.10 Å². The van der Waals surface area contributed by atoms with Gasteiger partial charge in [0.15, 0.2) is 0 Å². The van der Waals surface area contributed by atoms with E-state index < -0.39 is 18.4 Å². The molecule has 184 valence electrons. The lowest BCUT2D eigenvalue weighted by molar-refractivity contribution is -0.115. The molecular weight excluding hydrogens is 454 g/mol. The highest BCUT2D eigenvalue weighted by Gasteiger charge is 2.29. The number of halogens is 4. The Balaban J connectivity index is 1.68. The summed E-state index contributed by atoms with van der Waals surface area (Å²) in [6.45, 7) is 3.18. The van der Waals surface area contributed by atoms with Crippen LogP contribution >= 0.6 is 0 Å². The van der Waals surface area contributed by atoms with Gasteiger partial charge in [-0.3, -0.25) is 0 Å². The summed E-state index contributed by atoms with van der Waals surface area (Å²) in [4.78, 5) is 4.54. The maximum Gasteiger partial charge on any atom is 0.405 e. The predicted molar refractivity (Wildman–Crippen MR) is 120 cm³/mol. The minimum Gasteiger partial charge on any atom is -0.402 e. The van der Waals surface area contributed by atoms with Gasteiger partial charge in [0.1, 0.15) is 17.9 Å². The number of aliphatic hydroxyl groups excluding tert-OH is 1. The number of pyridine rings is 1. The Kier molecular flexibility index (Phi) is 6.41. The van der Waals surface area contributed by atoms with E-state index in [2.05, 4.69) is 25.8 Å². The van der Waals surface area contributed by atoms with Crippen LogP contribution in [-0.2, 0) is 5.67 Å². The van der Waals surface area contributed by atoms with Crippen LogP contribution in [0.25, 0.3) is 22.5 Å². The third-order valence-corrected chi connectivity index (χ3v) is 5.87. The fourth-order valence-corrected chi connectivity index (χ4v) is 4.21. The minimum absolute atomic E-state index is 0.0184. The number of aryl methyl sites for hydroxylation is 1. The van der Waals surface area contributed by atoms with Crippen LogP contribution in [-0.4, -0.2) is 45.2 Å². The van der Waals surface area contributed by atoms with Crippen molar-refractivity contribution < 1.29 is 27.1 Å². The first-order chi connectivity index (χ1) is 15.9. The van der Waals surface area contributed by atoms with Crippen molar-refractivity contribution >= 4 is 22.6 Å². The number of benzene rings is 1. The Labute approximate surface area is 194 Å². The van der Waals surface area contributed by atoms with Crippen molar-refractivity contribution in [1.82, 2.24) is 15.2 Å². The van der Waals surface area contributed by atoms with Crippen molar-refractivity contribution in [2.75, 3.05) is 17.2 Å². The molecule has 0 radical (unpaired) electrons. The van der Waals surface area contributed by atoms with E-state index >= 15 is 4.39 Å². The fraction of sp³-hybridized carbons (Fsp3) is 0.522. The number of rotatable bonds is 6. The molecule has 1 aliphatic carbocycles. The van der Waals surface area contributed by atoms with Gasteiger partial charge in [0.2, 0.25) is 0 Å². The largest absolute Gasteiger partial charge is 0.405 e. The van der Waals surface area contributed by atoms with Gasteiger partial charge >= 0.3 is 12.2 Å². The highest BCUT2D eigenvalue weighted by Crippen LogP contribution is 2.36. The number of alkyl halides is 4. The van der Waals surface area contributed by atoms with Crippen LogP contribution in [0.5, 0.6) is 0 Å². The topological polar surface area (TPSA) is 96.1 Å². The van der Waals surface area contributed by atoms with Crippen LogP contribution < -0.4 is 10.6 Å².